The minimum Gasteiger partial charge on any atom is -0.468 e. The minimum atomic E-state index is -0.482. The molecule has 10 nitrogen and oxygen atoms in total. The lowest BCUT2D eigenvalue weighted by atomic mass is 10.5. The maximum atomic E-state index is 11.6. The van der Waals surface area contributed by atoms with Gasteiger partial charge in [0, 0.05) is 20.0 Å². The van der Waals surface area contributed by atoms with Crippen molar-refractivity contribution in [3.63, 3.8) is 0 Å². The van der Waals surface area contributed by atoms with Crippen molar-refractivity contribution in [3.8, 4) is 0 Å². The molecule has 21 heavy (non-hydrogen) atoms. The zero-order valence-electron chi connectivity index (χ0n) is 11.7. The molecule has 0 radical (unpaired) electrons. The van der Waals surface area contributed by atoms with Crippen LogP contribution in [0.15, 0.2) is 5.16 Å². The molecule has 2 N–H and O–H groups in total. The number of hydrogen-bond donors (Lipinski definition) is 2. The SMILES string of the molecule is COC(=O)Cn1nnnc1SCC(=O)NCCNC(C)=O. The minimum absolute atomic E-state index is 0.0988. The fraction of sp³-hybridized carbons (Fsp3) is 0.600. The molecular weight excluding hydrogens is 300 g/mol. The Morgan fingerprint density at radius 2 is 2.00 bits per heavy atom. The van der Waals surface area contributed by atoms with Crippen LogP contribution >= 0.6 is 11.8 Å². The highest BCUT2D eigenvalue weighted by Gasteiger charge is 2.12. The number of carbonyl (C=O) groups excluding carboxylic acids is 3. The van der Waals surface area contributed by atoms with E-state index in [-0.39, 0.29) is 24.1 Å². The second-order valence-corrected chi connectivity index (χ2v) is 4.76. The van der Waals surface area contributed by atoms with Crippen LogP contribution in [0.25, 0.3) is 0 Å². The fourth-order valence-electron chi connectivity index (χ4n) is 1.21. The molecule has 0 aliphatic heterocycles. The predicted molar refractivity (Wildman–Crippen MR) is 72.3 cm³/mol. The Morgan fingerprint density at radius 1 is 1.29 bits per heavy atom. The van der Waals surface area contributed by atoms with Gasteiger partial charge in [-0.1, -0.05) is 11.8 Å². The van der Waals surface area contributed by atoms with Crippen LogP contribution in [-0.2, 0) is 25.7 Å². The van der Waals surface area contributed by atoms with Gasteiger partial charge in [-0.25, -0.2) is 4.68 Å². The first-order chi connectivity index (χ1) is 10.0. The summed E-state index contributed by atoms with van der Waals surface area (Å²) >= 11 is 1.10. The third kappa shape index (κ3) is 6.70. The molecule has 0 aliphatic rings. The number of amides is 2. The number of ether oxygens (including phenoxy) is 1. The summed E-state index contributed by atoms with van der Waals surface area (Å²) in [5, 5.41) is 16.3. The highest BCUT2D eigenvalue weighted by Crippen LogP contribution is 2.12. The van der Waals surface area contributed by atoms with Crippen molar-refractivity contribution in [1.82, 2.24) is 30.8 Å². The molecular formula is C10H16N6O4S. The number of thioether (sulfide) groups is 1. The number of nitrogens with one attached hydrogen (secondary N) is 2. The van der Waals surface area contributed by atoms with Crippen LogP contribution in [0.5, 0.6) is 0 Å². The normalized spacial score (nSPS) is 10.0. The molecule has 0 bridgehead atoms. The van der Waals surface area contributed by atoms with Gasteiger partial charge < -0.3 is 15.4 Å². The first-order valence-electron chi connectivity index (χ1n) is 6.00. The number of rotatable bonds is 8. The standard InChI is InChI=1S/C10H16N6O4S/c1-7(17)11-3-4-12-8(18)6-21-10-13-14-15-16(10)5-9(19)20-2/h3-6H2,1-2H3,(H,11,17)(H,12,18). The quantitative estimate of drug-likeness (QED) is 0.326. The first kappa shape index (κ1) is 16.9. The second-order valence-electron chi connectivity index (χ2n) is 3.82. The number of hydrogen-bond acceptors (Lipinski definition) is 8. The molecule has 1 aromatic rings. The lowest BCUT2D eigenvalue weighted by molar-refractivity contribution is -0.141. The Kier molecular flexibility index (Phi) is 7.15. The zero-order valence-corrected chi connectivity index (χ0v) is 12.5. The van der Waals surface area contributed by atoms with Crippen molar-refractivity contribution >= 4 is 29.5 Å². The van der Waals surface area contributed by atoms with Gasteiger partial charge in [-0.15, -0.1) is 5.10 Å². The van der Waals surface area contributed by atoms with Gasteiger partial charge in [0.2, 0.25) is 17.0 Å². The highest BCUT2D eigenvalue weighted by atomic mass is 32.2. The molecule has 0 saturated carbocycles. The summed E-state index contributed by atoms with van der Waals surface area (Å²) in [5.41, 5.74) is 0. The molecule has 0 fully saturated rings. The Labute approximate surface area is 125 Å². The Bertz CT molecular complexity index is 505. The van der Waals surface area contributed by atoms with Crippen molar-refractivity contribution in [2.24, 2.45) is 0 Å². The maximum absolute atomic E-state index is 11.6. The highest BCUT2D eigenvalue weighted by molar-refractivity contribution is 7.99. The summed E-state index contributed by atoms with van der Waals surface area (Å²) < 4.78 is 5.76. The number of carbonyl (C=O) groups is 3. The molecule has 1 aromatic heterocycles. The summed E-state index contributed by atoms with van der Waals surface area (Å²) in [7, 11) is 1.27. The van der Waals surface area contributed by atoms with E-state index in [2.05, 4.69) is 30.9 Å². The van der Waals surface area contributed by atoms with Gasteiger partial charge in [-0.2, -0.15) is 0 Å². The van der Waals surface area contributed by atoms with E-state index in [1.165, 1.54) is 18.7 Å². The first-order valence-corrected chi connectivity index (χ1v) is 6.98. The van der Waals surface area contributed by atoms with Crippen LogP contribution < -0.4 is 10.6 Å². The van der Waals surface area contributed by atoms with Crippen molar-refractivity contribution < 1.29 is 19.1 Å². The van der Waals surface area contributed by atoms with Crippen molar-refractivity contribution in [3.05, 3.63) is 0 Å². The maximum Gasteiger partial charge on any atom is 0.327 e. The number of tetrazole rings is 1. The molecule has 0 saturated heterocycles. The van der Waals surface area contributed by atoms with E-state index in [1.807, 2.05) is 0 Å². The van der Waals surface area contributed by atoms with E-state index in [9.17, 15) is 14.4 Å². The molecule has 116 valence electrons. The van der Waals surface area contributed by atoms with E-state index in [0.717, 1.165) is 11.8 Å². The molecule has 0 spiro atoms. The number of esters is 1. The van der Waals surface area contributed by atoms with Crippen molar-refractivity contribution in [2.45, 2.75) is 18.6 Å². The van der Waals surface area contributed by atoms with E-state index in [1.54, 1.807) is 0 Å². The fourth-order valence-corrected chi connectivity index (χ4v) is 1.91. The van der Waals surface area contributed by atoms with E-state index in [4.69, 9.17) is 0 Å². The Balaban J connectivity index is 2.31. The largest absolute Gasteiger partial charge is 0.468 e. The summed E-state index contributed by atoms with van der Waals surface area (Å²) in [5.74, 6) is -0.760. The van der Waals surface area contributed by atoms with Gasteiger partial charge >= 0.3 is 5.97 Å². The number of nitrogens with zero attached hydrogens (tertiary/aromatic N) is 4. The Morgan fingerprint density at radius 3 is 2.67 bits per heavy atom. The van der Waals surface area contributed by atoms with Crippen LogP contribution in [0.2, 0.25) is 0 Å². The monoisotopic (exact) mass is 316 g/mol. The number of aromatic nitrogens is 4. The average molecular weight is 316 g/mol. The van der Waals surface area contributed by atoms with Crippen LogP contribution in [0.3, 0.4) is 0 Å². The predicted octanol–water partition coefficient (Wildman–Crippen LogP) is -1.81. The van der Waals surface area contributed by atoms with Crippen molar-refractivity contribution in [2.75, 3.05) is 26.0 Å². The molecule has 0 aromatic carbocycles. The van der Waals surface area contributed by atoms with E-state index in [0.29, 0.717) is 18.2 Å². The number of methoxy groups -OCH3 is 1. The lowest BCUT2D eigenvalue weighted by Crippen LogP contribution is -2.34. The van der Waals surface area contributed by atoms with Gasteiger partial charge in [0.1, 0.15) is 6.54 Å². The lowest BCUT2D eigenvalue weighted by Gasteiger charge is -2.05. The second kappa shape index (κ2) is 8.89. The molecule has 0 unspecified atom stereocenters. The van der Waals surface area contributed by atoms with Crippen molar-refractivity contribution in [1.29, 1.82) is 0 Å². The van der Waals surface area contributed by atoms with Crippen LogP contribution in [0.1, 0.15) is 6.92 Å². The van der Waals surface area contributed by atoms with E-state index < -0.39 is 5.97 Å². The smallest absolute Gasteiger partial charge is 0.327 e. The summed E-state index contributed by atoms with van der Waals surface area (Å²) in [6, 6.07) is 0. The Hall–Kier alpha value is -2.17. The summed E-state index contributed by atoms with van der Waals surface area (Å²) in [6.45, 7) is 1.99. The third-order valence-electron chi connectivity index (χ3n) is 2.16. The molecule has 0 atom stereocenters. The summed E-state index contributed by atoms with van der Waals surface area (Å²) in [6.07, 6.45) is 0. The molecule has 0 aliphatic carbocycles. The molecule has 1 heterocycles. The van der Waals surface area contributed by atoms with Gasteiger partial charge in [0.05, 0.1) is 12.9 Å². The van der Waals surface area contributed by atoms with Gasteiger partial charge in [-0.3, -0.25) is 14.4 Å². The zero-order chi connectivity index (χ0) is 15.7. The molecule has 1 rings (SSSR count). The topological polar surface area (TPSA) is 128 Å². The molecule has 2 amide bonds. The van der Waals surface area contributed by atoms with Crippen LogP contribution in [0.4, 0.5) is 0 Å². The van der Waals surface area contributed by atoms with Gasteiger partial charge in [0.15, 0.2) is 0 Å². The third-order valence-corrected chi connectivity index (χ3v) is 3.12. The summed E-state index contributed by atoms with van der Waals surface area (Å²) in [4.78, 5) is 33.3. The van der Waals surface area contributed by atoms with Gasteiger partial charge in [0.25, 0.3) is 0 Å². The van der Waals surface area contributed by atoms with Crippen LogP contribution in [0, 0.1) is 0 Å². The van der Waals surface area contributed by atoms with Gasteiger partial charge in [-0.05, 0) is 10.4 Å². The molecule has 11 heteroatoms. The average Bonchev–Trinajstić information content (AvgIpc) is 2.88. The van der Waals surface area contributed by atoms with Crippen LogP contribution in [-0.4, -0.2) is 63.9 Å². The van der Waals surface area contributed by atoms with E-state index >= 15 is 0 Å².